The van der Waals surface area contributed by atoms with E-state index in [0.717, 1.165) is 0 Å². The first-order chi connectivity index (χ1) is 11.8. The first-order valence-electron chi connectivity index (χ1n) is 7.92. The largest absolute Gasteiger partial charge is 0.467 e. The van der Waals surface area contributed by atoms with Crippen molar-refractivity contribution in [3.05, 3.63) is 40.6 Å². The molecule has 1 aromatic carbocycles. The van der Waals surface area contributed by atoms with Crippen molar-refractivity contribution >= 4 is 28.5 Å². The Bertz CT molecular complexity index is 797. The van der Waals surface area contributed by atoms with Gasteiger partial charge in [0.2, 0.25) is 5.91 Å². The molecule has 1 aromatic heterocycles. The van der Waals surface area contributed by atoms with E-state index in [9.17, 15) is 19.7 Å². The second-order valence-electron chi connectivity index (χ2n) is 6.22. The molecule has 1 N–H and O–H groups in total. The molecular formula is C17H21N3O5. The number of carbonyl (C=O) groups is 2. The normalized spacial score (nSPS) is 12.2. The minimum Gasteiger partial charge on any atom is -0.467 e. The highest BCUT2D eigenvalue weighted by atomic mass is 16.6. The summed E-state index contributed by atoms with van der Waals surface area (Å²) >= 11 is 0. The highest BCUT2D eigenvalue weighted by molar-refractivity contribution is 5.87. The quantitative estimate of drug-likeness (QED) is 0.470. The summed E-state index contributed by atoms with van der Waals surface area (Å²) in [6.07, 6.45) is 2.17. The summed E-state index contributed by atoms with van der Waals surface area (Å²) in [5.41, 5.74) is 0.705. The van der Waals surface area contributed by atoms with Gasteiger partial charge in [-0.2, -0.15) is 0 Å². The smallest absolute Gasteiger partial charge is 0.328 e. The van der Waals surface area contributed by atoms with E-state index in [1.807, 2.05) is 13.8 Å². The number of benzene rings is 1. The van der Waals surface area contributed by atoms with E-state index in [-0.39, 0.29) is 24.1 Å². The van der Waals surface area contributed by atoms with Crippen molar-refractivity contribution < 1.29 is 19.2 Å². The number of aromatic nitrogens is 1. The summed E-state index contributed by atoms with van der Waals surface area (Å²) in [4.78, 5) is 34.4. The van der Waals surface area contributed by atoms with Crippen LogP contribution in [-0.2, 0) is 20.9 Å². The Balaban J connectivity index is 2.12. The predicted molar refractivity (Wildman–Crippen MR) is 92.0 cm³/mol. The van der Waals surface area contributed by atoms with Crippen LogP contribution in [0, 0.1) is 16.0 Å². The maximum Gasteiger partial charge on any atom is 0.328 e. The molecule has 1 atom stereocenters. The van der Waals surface area contributed by atoms with Gasteiger partial charge in [0.05, 0.1) is 12.0 Å². The zero-order valence-electron chi connectivity index (χ0n) is 14.4. The van der Waals surface area contributed by atoms with Gasteiger partial charge in [-0.05, 0) is 24.5 Å². The van der Waals surface area contributed by atoms with Crippen LogP contribution < -0.4 is 5.32 Å². The van der Waals surface area contributed by atoms with Crippen LogP contribution >= 0.6 is 0 Å². The average Bonchev–Trinajstić information content (AvgIpc) is 2.95. The number of nitro benzene ring substituents is 1. The number of ether oxygens (including phenoxy) is 1. The zero-order chi connectivity index (χ0) is 18.6. The van der Waals surface area contributed by atoms with E-state index < -0.39 is 16.9 Å². The maximum absolute atomic E-state index is 12.3. The number of fused-ring (bicyclic) bond motifs is 1. The summed E-state index contributed by atoms with van der Waals surface area (Å²) in [6.45, 7) is 3.91. The number of hydrogen-bond donors (Lipinski definition) is 1. The second-order valence-corrected chi connectivity index (χ2v) is 6.22. The molecule has 8 nitrogen and oxygen atoms in total. The van der Waals surface area contributed by atoms with E-state index >= 15 is 0 Å². The van der Waals surface area contributed by atoms with Gasteiger partial charge in [-0.3, -0.25) is 14.9 Å². The molecule has 1 heterocycles. The Morgan fingerprint density at radius 1 is 1.32 bits per heavy atom. The third-order valence-electron chi connectivity index (χ3n) is 3.81. The fourth-order valence-electron chi connectivity index (χ4n) is 2.66. The van der Waals surface area contributed by atoms with Crippen molar-refractivity contribution in [2.45, 2.75) is 32.9 Å². The zero-order valence-corrected chi connectivity index (χ0v) is 14.4. The van der Waals surface area contributed by atoms with Crippen LogP contribution in [0.25, 0.3) is 10.9 Å². The number of rotatable bonds is 7. The monoisotopic (exact) mass is 347 g/mol. The van der Waals surface area contributed by atoms with Crippen molar-refractivity contribution in [2.75, 3.05) is 7.11 Å². The molecule has 0 saturated carbocycles. The Morgan fingerprint density at radius 3 is 2.64 bits per heavy atom. The molecule has 0 aliphatic rings. The van der Waals surface area contributed by atoms with E-state index in [4.69, 9.17) is 4.74 Å². The van der Waals surface area contributed by atoms with E-state index in [1.54, 1.807) is 22.9 Å². The number of hydrogen-bond acceptors (Lipinski definition) is 5. The number of nitrogens with one attached hydrogen (secondary N) is 1. The highest BCUT2D eigenvalue weighted by Crippen LogP contribution is 2.21. The topological polar surface area (TPSA) is 103 Å². The van der Waals surface area contributed by atoms with Crippen molar-refractivity contribution in [1.29, 1.82) is 0 Å². The molecule has 1 amide bonds. The van der Waals surface area contributed by atoms with Gasteiger partial charge in [0.15, 0.2) is 0 Å². The van der Waals surface area contributed by atoms with Crippen LogP contribution in [-0.4, -0.2) is 34.5 Å². The molecule has 2 aromatic rings. The number of amides is 1. The predicted octanol–water partition coefficient (Wildman–Crippen LogP) is 2.25. The van der Waals surface area contributed by atoms with Gasteiger partial charge < -0.3 is 14.6 Å². The lowest BCUT2D eigenvalue weighted by atomic mass is 10.0. The summed E-state index contributed by atoms with van der Waals surface area (Å²) in [5, 5.41) is 14.2. The lowest BCUT2D eigenvalue weighted by Crippen LogP contribution is -2.43. The Kier molecular flexibility index (Phi) is 5.74. The third kappa shape index (κ3) is 4.56. The number of esters is 1. The fourth-order valence-corrected chi connectivity index (χ4v) is 2.66. The minimum atomic E-state index is -0.694. The molecule has 0 aliphatic heterocycles. The summed E-state index contributed by atoms with van der Waals surface area (Å²) in [6, 6.07) is 5.47. The molecule has 134 valence electrons. The van der Waals surface area contributed by atoms with Gasteiger partial charge in [-0.15, -0.1) is 0 Å². The van der Waals surface area contributed by atoms with Gasteiger partial charge in [0, 0.05) is 29.2 Å². The highest BCUT2D eigenvalue weighted by Gasteiger charge is 2.22. The molecule has 25 heavy (non-hydrogen) atoms. The SMILES string of the molecule is COC(=O)[C@H](CC(C)C)NC(=O)Cn1ccc2cc([N+](=O)[O-])ccc21. The van der Waals surface area contributed by atoms with Gasteiger partial charge in [0.1, 0.15) is 12.6 Å². The van der Waals surface area contributed by atoms with Gasteiger partial charge in [-0.1, -0.05) is 13.8 Å². The van der Waals surface area contributed by atoms with Crippen LogP contribution in [0.1, 0.15) is 20.3 Å². The van der Waals surface area contributed by atoms with Crippen molar-refractivity contribution in [1.82, 2.24) is 9.88 Å². The first-order valence-corrected chi connectivity index (χ1v) is 7.92. The molecule has 0 bridgehead atoms. The molecule has 0 radical (unpaired) electrons. The van der Waals surface area contributed by atoms with Crippen LogP contribution in [0.4, 0.5) is 5.69 Å². The molecule has 0 aliphatic carbocycles. The van der Waals surface area contributed by atoms with Crippen LogP contribution in [0.3, 0.4) is 0 Å². The third-order valence-corrected chi connectivity index (χ3v) is 3.81. The molecule has 2 rings (SSSR count). The molecule has 0 spiro atoms. The number of carbonyl (C=O) groups excluding carboxylic acids is 2. The van der Waals surface area contributed by atoms with Crippen LogP contribution in [0.5, 0.6) is 0 Å². The summed E-state index contributed by atoms with van der Waals surface area (Å²) in [7, 11) is 1.29. The van der Waals surface area contributed by atoms with E-state index in [0.29, 0.717) is 17.3 Å². The van der Waals surface area contributed by atoms with Crippen LogP contribution in [0.15, 0.2) is 30.5 Å². The molecular weight excluding hydrogens is 326 g/mol. The fraction of sp³-hybridized carbons (Fsp3) is 0.412. The second kappa shape index (κ2) is 7.78. The number of nitrogens with zero attached hydrogens (tertiary/aromatic N) is 2. The van der Waals surface area contributed by atoms with Gasteiger partial charge in [-0.25, -0.2) is 4.79 Å². The molecule has 8 heteroatoms. The van der Waals surface area contributed by atoms with E-state index in [1.165, 1.54) is 19.2 Å². The Hall–Kier alpha value is -2.90. The van der Waals surface area contributed by atoms with Crippen molar-refractivity contribution in [2.24, 2.45) is 5.92 Å². The average molecular weight is 347 g/mol. The number of methoxy groups -OCH3 is 1. The van der Waals surface area contributed by atoms with Crippen molar-refractivity contribution in [3.63, 3.8) is 0 Å². The molecule has 0 fully saturated rings. The Morgan fingerprint density at radius 2 is 2.04 bits per heavy atom. The lowest BCUT2D eigenvalue weighted by Gasteiger charge is -2.18. The number of nitro groups is 1. The molecule has 0 saturated heterocycles. The Labute approximate surface area is 144 Å². The lowest BCUT2D eigenvalue weighted by molar-refractivity contribution is -0.384. The van der Waals surface area contributed by atoms with Gasteiger partial charge in [0.25, 0.3) is 5.69 Å². The standard InChI is InChI=1S/C17H21N3O5/c1-11(2)8-14(17(22)25-3)18-16(21)10-19-7-6-12-9-13(20(23)24)4-5-15(12)19/h4-7,9,11,14H,8,10H2,1-3H3,(H,18,21)/t14-/m0/s1. The first kappa shape index (κ1) is 18.4. The summed E-state index contributed by atoms with van der Waals surface area (Å²) in [5.74, 6) is -0.584. The van der Waals surface area contributed by atoms with E-state index in [2.05, 4.69) is 5.32 Å². The van der Waals surface area contributed by atoms with Gasteiger partial charge >= 0.3 is 5.97 Å². The number of non-ortho nitro benzene ring substituents is 1. The maximum atomic E-state index is 12.3. The molecule has 0 unspecified atom stereocenters. The van der Waals surface area contributed by atoms with Crippen LogP contribution in [0.2, 0.25) is 0 Å². The minimum absolute atomic E-state index is 0.00242. The van der Waals surface area contributed by atoms with Crippen molar-refractivity contribution in [3.8, 4) is 0 Å². The summed E-state index contributed by atoms with van der Waals surface area (Å²) < 4.78 is 6.41.